The van der Waals surface area contributed by atoms with E-state index in [0.717, 1.165) is 51.0 Å². The molecule has 0 amide bonds. The Balaban J connectivity index is 1.80. The molecule has 2 aliphatic heterocycles. The van der Waals surface area contributed by atoms with Gasteiger partial charge < -0.3 is 20.4 Å². The first-order valence-corrected chi connectivity index (χ1v) is 7.05. The standard InChI is InChI=1S/C13H22N6/c1-17-6-8-18(9-7-17)12-10-11(14)15-13(16-12)19-4-2-3-5-19/h10H,2-9H2,1H3,(H2,14,15,16). The highest BCUT2D eigenvalue weighted by atomic mass is 15.3. The molecule has 104 valence electrons. The second kappa shape index (κ2) is 5.21. The van der Waals surface area contributed by atoms with Crippen molar-refractivity contribution in [3.8, 4) is 0 Å². The van der Waals surface area contributed by atoms with Crippen LogP contribution in [0.3, 0.4) is 0 Å². The normalized spacial score (nSPS) is 21.1. The highest BCUT2D eigenvalue weighted by molar-refractivity contribution is 5.52. The zero-order valence-electron chi connectivity index (χ0n) is 11.5. The van der Waals surface area contributed by atoms with Gasteiger partial charge in [-0.25, -0.2) is 0 Å². The third kappa shape index (κ3) is 2.73. The van der Waals surface area contributed by atoms with Crippen LogP contribution < -0.4 is 15.5 Å². The fraction of sp³-hybridized carbons (Fsp3) is 0.692. The molecule has 6 nitrogen and oxygen atoms in total. The summed E-state index contributed by atoms with van der Waals surface area (Å²) < 4.78 is 0. The van der Waals surface area contributed by atoms with Crippen molar-refractivity contribution in [2.75, 3.05) is 61.8 Å². The zero-order chi connectivity index (χ0) is 13.2. The van der Waals surface area contributed by atoms with Crippen LogP contribution in [0.15, 0.2) is 6.07 Å². The summed E-state index contributed by atoms with van der Waals surface area (Å²) in [5.74, 6) is 2.35. The summed E-state index contributed by atoms with van der Waals surface area (Å²) >= 11 is 0. The Hall–Kier alpha value is -1.56. The predicted molar refractivity (Wildman–Crippen MR) is 77.6 cm³/mol. The molecule has 2 fully saturated rings. The molecule has 1 aromatic rings. The molecule has 3 heterocycles. The Morgan fingerprint density at radius 3 is 2.32 bits per heavy atom. The number of hydrogen-bond donors (Lipinski definition) is 1. The maximum Gasteiger partial charge on any atom is 0.229 e. The van der Waals surface area contributed by atoms with E-state index in [1.54, 1.807) is 0 Å². The van der Waals surface area contributed by atoms with E-state index in [4.69, 9.17) is 10.7 Å². The van der Waals surface area contributed by atoms with E-state index in [-0.39, 0.29) is 0 Å². The number of hydrogen-bond acceptors (Lipinski definition) is 6. The molecule has 0 radical (unpaired) electrons. The molecule has 6 heteroatoms. The fourth-order valence-electron chi connectivity index (χ4n) is 2.70. The van der Waals surface area contributed by atoms with Gasteiger partial charge in [-0.05, 0) is 19.9 Å². The van der Waals surface area contributed by atoms with Gasteiger partial charge in [0.25, 0.3) is 0 Å². The summed E-state index contributed by atoms with van der Waals surface area (Å²) in [6.45, 7) is 6.25. The molecule has 19 heavy (non-hydrogen) atoms. The number of piperazine rings is 1. The monoisotopic (exact) mass is 262 g/mol. The maximum absolute atomic E-state index is 5.95. The SMILES string of the molecule is CN1CCN(c2cc(N)nc(N3CCCC3)n2)CC1. The van der Waals surface area contributed by atoms with E-state index in [9.17, 15) is 0 Å². The van der Waals surface area contributed by atoms with Gasteiger partial charge in [-0.3, -0.25) is 0 Å². The molecule has 2 saturated heterocycles. The molecule has 0 spiro atoms. The largest absolute Gasteiger partial charge is 0.383 e. The van der Waals surface area contributed by atoms with Crippen molar-refractivity contribution in [3.05, 3.63) is 6.07 Å². The van der Waals surface area contributed by atoms with Gasteiger partial charge in [-0.1, -0.05) is 0 Å². The van der Waals surface area contributed by atoms with Gasteiger partial charge in [0.2, 0.25) is 5.95 Å². The van der Waals surface area contributed by atoms with Crippen molar-refractivity contribution in [2.24, 2.45) is 0 Å². The van der Waals surface area contributed by atoms with Crippen molar-refractivity contribution in [3.63, 3.8) is 0 Å². The van der Waals surface area contributed by atoms with E-state index in [2.05, 4.69) is 26.7 Å². The van der Waals surface area contributed by atoms with Crippen LogP contribution in [0.25, 0.3) is 0 Å². The number of aromatic nitrogens is 2. The molecule has 0 aromatic carbocycles. The summed E-state index contributed by atoms with van der Waals surface area (Å²) in [6.07, 6.45) is 2.45. The average molecular weight is 262 g/mol. The first kappa shape index (κ1) is 12.5. The van der Waals surface area contributed by atoms with Gasteiger partial charge >= 0.3 is 0 Å². The molecule has 2 N–H and O–H groups in total. The second-order valence-electron chi connectivity index (χ2n) is 5.44. The van der Waals surface area contributed by atoms with Crippen molar-refractivity contribution < 1.29 is 0 Å². The van der Waals surface area contributed by atoms with Gasteiger partial charge in [-0.2, -0.15) is 9.97 Å². The van der Waals surface area contributed by atoms with Crippen molar-refractivity contribution in [1.29, 1.82) is 0 Å². The number of anilines is 3. The Morgan fingerprint density at radius 1 is 0.947 bits per heavy atom. The van der Waals surface area contributed by atoms with E-state index in [1.807, 2.05) is 6.07 Å². The van der Waals surface area contributed by atoms with Crippen LogP contribution in [0.1, 0.15) is 12.8 Å². The van der Waals surface area contributed by atoms with Gasteiger partial charge in [0.1, 0.15) is 11.6 Å². The Morgan fingerprint density at radius 2 is 1.63 bits per heavy atom. The predicted octanol–water partition coefficient (Wildman–Crippen LogP) is 0.411. The van der Waals surface area contributed by atoms with Crippen molar-refractivity contribution in [1.82, 2.24) is 14.9 Å². The number of rotatable bonds is 2. The number of likely N-dealkylation sites (N-methyl/N-ethyl adjacent to an activating group) is 1. The van der Waals surface area contributed by atoms with Crippen molar-refractivity contribution >= 4 is 17.6 Å². The van der Waals surface area contributed by atoms with E-state index in [0.29, 0.717) is 5.82 Å². The van der Waals surface area contributed by atoms with Crippen LogP contribution in [0.5, 0.6) is 0 Å². The first-order valence-electron chi connectivity index (χ1n) is 7.05. The molecule has 0 atom stereocenters. The Kier molecular flexibility index (Phi) is 3.42. The topological polar surface area (TPSA) is 61.5 Å². The van der Waals surface area contributed by atoms with Crippen molar-refractivity contribution in [2.45, 2.75) is 12.8 Å². The van der Waals surface area contributed by atoms with Crippen LogP contribution in [-0.2, 0) is 0 Å². The lowest BCUT2D eigenvalue weighted by Gasteiger charge is -2.33. The third-order valence-corrected chi connectivity index (χ3v) is 3.94. The van der Waals surface area contributed by atoms with Crippen LogP contribution in [0.4, 0.5) is 17.6 Å². The summed E-state index contributed by atoms with van der Waals surface area (Å²) in [6, 6.07) is 1.89. The summed E-state index contributed by atoms with van der Waals surface area (Å²) in [4.78, 5) is 16.0. The van der Waals surface area contributed by atoms with E-state index >= 15 is 0 Å². The second-order valence-corrected chi connectivity index (χ2v) is 5.44. The minimum absolute atomic E-state index is 0.575. The maximum atomic E-state index is 5.95. The molecular weight excluding hydrogens is 240 g/mol. The van der Waals surface area contributed by atoms with Crippen LogP contribution in [0.2, 0.25) is 0 Å². The fourth-order valence-corrected chi connectivity index (χ4v) is 2.70. The average Bonchev–Trinajstić information content (AvgIpc) is 2.93. The van der Waals surface area contributed by atoms with Gasteiger partial charge in [0.05, 0.1) is 0 Å². The van der Waals surface area contributed by atoms with Crippen LogP contribution in [0, 0.1) is 0 Å². The highest BCUT2D eigenvalue weighted by Gasteiger charge is 2.20. The highest BCUT2D eigenvalue weighted by Crippen LogP contribution is 2.22. The minimum Gasteiger partial charge on any atom is -0.383 e. The number of nitrogens with zero attached hydrogens (tertiary/aromatic N) is 5. The first-order chi connectivity index (χ1) is 9.22. The van der Waals surface area contributed by atoms with Gasteiger partial charge in [0.15, 0.2) is 0 Å². The lowest BCUT2D eigenvalue weighted by atomic mass is 10.3. The minimum atomic E-state index is 0.575. The molecule has 0 saturated carbocycles. The Bertz CT molecular complexity index is 435. The Labute approximate surface area is 114 Å². The van der Waals surface area contributed by atoms with Gasteiger partial charge in [-0.15, -0.1) is 0 Å². The quantitative estimate of drug-likeness (QED) is 0.833. The third-order valence-electron chi connectivity index (χ3n) is 3.94. The molecular formula is C13H22N6. The lowest BCUT2D eigenvalue weighted by molar-refractivity contribution is 0.312. The van der Waals surface area contributed by atoms with Crippen LogP contribution in [-0.4, -0.2) is 61.2 Å². The molecule has 0 aliphatic carbocycles. The zero-order valence-corrected chi connectivity index (χ0v) is 11.5. The summed E-state index contributed by atoms with van der Waals surface area (Å²) in [5, 5.41) is 0. The van der Waals surface area contributed by atoms with Crippen LogP contribution >= 0.6 is 0 Å². The molecule has 0 bridgehead atoms. The number of nitrogen functional groups attached to an aromatic ring is 1. The lowest BCUT2D eigenvalue weighted by Crippen LogP contribution is -2.45. The molecule has 1 aromatic heterocycles. The number of nitrogens with two attached hydrogens (primary N) is 1. The molecule has 2 aliphatic rings. The summed E-state index contributed by atoms with van der Waals surface area (Å²) in [5.41, 5.74) is 5.95. The molecule has 3 rings (SSSR count). The molecule has 0 unspecified atom stereocenters. The van der Waals surface area contributed by atoms with E-state index in [1.165, 1.54) is 12.8 Å². The summed E-state index contributed by atoms with van der Waals surface area (Å²) in [7, 11) is 2.15. The van der Waals surface area contributed by atoms with E-state index < -0.39 is 0 Å². The van der Waals surface area contributed by atoms with Gasteiger partial charge in [0, 0.05) is 45.3 Å². The smallest absolute Gasteiger partial charge is 0.229 e.